The lowest BCUT2D eigenvalue weighted by atomic mass is 9.84. The van der Waals surface area contributed by atoms with Crippen molar-refractivity contribution in [3.8, 4) is 5.75 Å². The van der Waals surface area contributed by atoms with Gasteiger partial charge in [-0.15, -0.1) is 0 Å². The van der Waals surface area contributed by atoms with Gasteiger partial charge in [0.2, 0.25) is 5.91 Å². The summed E-state index contributed by atoms with van der Waals surface area (Å²) >= 11 is 0. The Kier molecular flexibility index (Phi) is 13.5. The van der Waals surface area contributed by atoms with Crippen molar-refractivity contribution in [2.24, 2.45) is 10.8 Å². The van der Waals surface area contributed by atoms with E-state index in [2.05, 4.69) is 26.3 Å². The summed E-state index contributed by atoms with van der Waals surface area (Å²) < 4.78 is 5.31. The van der Waals surface area contributed by atoms with Crippen molar-refractivity contribution in [1.82, 2.24) is 41.1 Å². The van der Waals surface area contributed by atoms with Crippen molar-refractivity contribution in [3.63, 3.8) is 0 Å². The molecule has 4 unspecified atom stereocenters. The fourth-order valence-corrected chi connectivity index (χ4v) is 7.20. The maximum absolute atomic E-state index is 14.5. The van der Waals surface area contributed by atoms with E-state index in [1.165, 1.54) is 5.01 Å². The molecule has 0 bridgehead atoms. The van der Waals surface area contributed by atoms with E-state index in [4.69, 9.17) is 4.74 Å². The second-order valence-corrected chi connectivity index (χ2v) is 16.7. The van der Waals surface area contributed by atoms with Crippen LogP contribution in [0, 0.1) is 10.8 Å². The topological polar surface area (TPSA) is 192 Å². The van der Waals surface area contributed by atoms with Gasteiger partial charge in [-0.3, -0.25) is 20.1 Å². The Balaban J connectivity index is 1.39. The van der Waals surface area contributed by atoms with Crippen molar-refractivity contribution < 1.29 is 34.1 Å². The van der Waals surface area contributed by atoms with Crippen molar-refractivity contribution in [2.75, 3.05) is 26.7 Å². The number of aliphatic hydroxyl groups excluding tert-OH is 1. The van der Waals surface area contributed by atoms with Gasteiger partial charge in [0.15, 0.2) is 0 Å². The predicted octanol–water partition coefficient (Wildman–Crippen LogP) is 4.53. The monoisotopic (exact) mass is 784 g/mol. The van der Waals surface area contributed by atoms with E-state index >= 15 is 0 Å². The van der Waals surface area contributed by atoms with Crippen LogP contribution in [0.2, 0.25) is 0 Å². The molecule has 57 heavy (non-hydrogen) atoms. The van der Waals surface area contributed by atoms with Crippen molar-refractivity contribution in [2.45, 2.75) is 85.3 Å². The number of nitrogens with zero attached hydrogens (tertiary/aromatic N) is 4. The number of hydrogen-bond acceptors (Lipinski definition) is 8. The van der Waals surface area contributed by atoms with Gasteiger partial charge in [-0.05, 0) is 46.6 Å². The zero-order chi connectivity index (χ0) is 41.5. The van der Waals surface area contributed by atoms with E-state index in [1.54, 1.807) is 49.8 Å². The largest absolute Gasteiger partial charge is 0.497 e. The number of rotatable bonds is 16. The first kappa shape index (κ1) is 42.5. The lowest BCUT2D eigenvalue weighted by Gasteiger charge is -2.38. The van der Waals surface area contributed by atoms with Crippen molar-refractivity contribution in [3.05, 3.63) is 95.7 Å². The Morgan fingerprint density at radius 3 is 2.18 bits per heavy atom. The van der Waals surface area contributed by atoms with E-state index in [0.717, 1.165) is 27.7 Å². The smallest absolute Gasteiger partial charge is 0.405 e. The van der Waals surface area contributed by atoms with Crippen LogP contribution in [-0.2, 0) is 29.1 Å². The van der Waals surface area contributed by atoms with Crippen molar-refractivity contribution in [1.29, 1.82) is 0 Å². The summed E-state index contributed by atoms with van der Waals surface area (Å²) in [5.74, 6) is -0.393. The third-order valence-corrected chi connectivity index (χ3v) is 10.1. The highest BCUT2D eigenvalue weighted by Crippen LogP contribution is 2.30. The molecule has 0 aliphatic carbocycles. The van der Waals surface area contributed by atoms with Crippen LogP contribution < -0.4 is 20.8 Å². The molecule has 306 valence electrons. The molecule has 4 atom stereocenters. The van der Waals surface area contributed by atoms with Crippen LogP contribution in [0.15, 0.2) is 78.9 Å². The molecule has 0 radical (unpaired) electrons. The molecule has 0 spiro atoms. The summed E-state index contributed by atoms with van der Waals surface area (Å²) in [6.07, 6.45) is -2.35. The molecule has 5 rings (SSSR count). The highest BCUT2D eigenvalue weighted by atomic mass is 16.5. The van der Waals surface area contributed by atoms with Crippen LogP contribution in [0.1, 0.15) is 58.4 Å². The minimum atomic E-state index is -1.35. The van der Waals surface area contributed by atoms with Gasteiger partial charge < -0.3 is 35.4 Å². The van der Waals surface area contributed by atoms with Crippen LogP contribution in [0.25, 0.3) is 10.9 Å². The fraction of sp³-hybridized carbons (Fsp3) is 0.452. The molecular formula is C42H56N8O7. The minimum Gasteiger partial charge on any atom is -0.497 e. The minimum absolute atomic E-state index is 0.136. The van der Waals surface area contributed by atoms with Gasteiger partial charge in [0.05, 0.1) is 37.0 Å². The van der Waals surface area contributed by atoms with Gasteiger partial charge in [-0.25, -0.2) is 14.6 Å². The number of hydrazine groups is 1. The maximum Gasteiger partial charge on any atom is 0.405 e. The van der Waals surface area contributed by atoms with Crippen molar-refractivity contribution >= 4 is 34.8 Å². The number of aromatic amines is 1. The molecule has 2 heterocycles. The summed E-state index contributed by atoms with van der Waals surface area (Å²) in [4.78, 5) is 57.2. The number of nitrogens with one attached hydrogen (secondary N) is 4. The third-order valence-electron chi connectivity index (χ3n) is 10.1. The molecule has 4 aromatic rings. The van der Waals surface area contributed by atoms with E-state index in [-0.39, 0.29) is 32.1 Å². The molecule has 1 saturated heterocycles. The Morgan fingerprint density at radius 2 is 1.54 bits per heavy atom. The molecule has 1 aromatic heterocycles. The first-order valence-corrected chi connectivity index (χ1v) is 19.1. The fourth-order valence-electron chi connectivity index (χ4n) is 7.20. The van der Waals surface area contributed by atoms with Gasteiger partial charge in [0, 0.05) is 31.6 Å². The first-order chi connectivity index (χ1) is 26.9. The number of carbonyl (C=O) groups excluding carboxylic acids is 3. The summed E-state index contributed by atoms with van der Waals surface area (Å²) in [7, 11) is 1.56. The number of H-pyrrole nitrogens is 1. The van der Waals surface area contributed by atoms with Gasteiger partial charge in [0.1, 0.15) is 17.8 Å². The standard InChI is InChI=1S/C42H56N8O7/c1-41(2,3)35(44-39(54)55)37(52)47-49(24-28-17-19-29(57-7)20-18-28)26-34(51)32(23-27-13-9-8-10-14-27)43-38(53)36(42(4,5)6)50-22-21-48(40(50)56)25-33-30-15-11-12-16-31(30)45-46-33/h8-20,32,34-36,44,51H,21-26H2,1-7H3,(H,43,53)(H,45,46)(H,47,52)(H,54,55). The maximum atomic E-state index is 14.5. The summed E-state index contributed by atoms with van der Waals surface area (Å²) in [5.41, 5.74) is 4.61. The highest BCUT2D eigenvalue weighted by molar-refractivity contribution is 5.89. The molecule has 6 N–H and O–H groups in total. The van der Waals surface area contributed by atoms with E-state index in [1.807, 2.05) is 87.5 Å². The molecule has 1 aliphatic heterocycles. The van der Waals surface area contributed by atoms with Crippen LogP contribution in [-0.4, -0.2) is 110 Å². The number of hydrogen-bond donors (Lipinski definition) is 6. The highest BCUT2D eigenvalue weighted by Gasteiger charge is 2.44. The summed E-state index contributed by atoms with van der Waals surface area (Å²) in [6.45, 7) is 11.9. The molecular weight excluding hydrogens is 729 g/mol. The van der Waals surface area contributed by atoms with Gasteiger partial charge in [-0.1, -0.05) is 102 Å². The second kappa shape index (κ2) is 18.1. The molecule has 3 aromatic carbocycles. The molecule has 1 aliphatic rings. The average Bonchev–Trinajstić information content (AvgIpc) is 3.72. The van der Waals surface area contributed by atoms with Crippen LogP contribution in [0.5, 0.6) is 5.75 Å². The Hall–Kier alpha value is -5.67. The second-order valence-electron chi connectivity index (χ2n) is 16.7. The lowest BCUT2D eigenvalue weighted by molar-refractivity contribution is -0.133. The summed E-state index contributed by atoms with van der Waals surface area (Å²) in [5, 5.41) is 36.9. The number of fused-ring (bicyclic) bond motifs is 1. The number of para-hydroxylation sites is 1. The number of urea groups is 1. The number of aliphatic hydroxyl groups is 1. The normalized spacial score (nSPS) is 15.6. The lowest BCUT2D eigenvalue weighted by Crippen LogP contribution is -2.61. The zero-order valence-electron chi connectivity index (χ0n) is 33.8. The number of amides is 5. The molecule has 0 saturated carbocycles. The van der Waals surface area contributed by atoms with E-state index in [9.17, 15) is 29.4 Å². The SMILES string of the molecule is COc1ccc(CN(CC(O)C(Cc2ccccc2)NC(=O)C(N2CCN(Cc3n[nH]c4ccccc34)C2=O)C(C)(C)C)NC(=O)C(NC(=O)O)C(C)(C)C)cc1. The zero-order valence-corrected chi connectivity index (χ0v) is 33.8. The Bertz CT molecular complexity index is 1990. The first-order valence-electron chi connectivity index (χ1n) is 19.1. The van der Waals surface area contributed by atoms with Gasteiger partial charge in [0.25, 0.3) is 5.91 Å². The third kappa shape index (κ3) is 11.0. The van der Waals surface area contributed by atoms with E-state index in [0.29, 0.717) is 18.8 Å². The van der Waals surface area contributed by atoms with Crippen LogP contribution in [0.4, 0.5) is 9.59 Å². The summed E-state index contributed by atoms with van der Waals surface area (Å²) in [6, 6.07) is 21.2. The average molecular weight is 785 g/mol. The molecule has 5 amide bonds. The number of benzene rings is 3. The molecule has 15 nitrogen and oxygen atoms in total. The number of carboxylic acid groups (broad SMARTS) is 1. The van der Waals surface area contributed by atoms with Crippen LogP contribution in [0.3, 0.4) is 0 Å². The Morgan fingerprint density at radius 1 is 0.877 bits per heavy atom. The quantitative estimate of drug-likeness (QED) is 0.0887. The van der Waals surface area contributed by atoms with E-state index < -0.39 is 53.0 Å². The molecule has 15 heteroatoms. The number of methoxy groups -OCH3 is 1. The molecule has 1 fully saturated rings. The Labute approximate surface area is 333 Å². The van der Waals surface area contributed by atoms with Gasteiger partial charge >= 0.3 is 12.1 Å². The number of carbonyl (C=O) groups is 4. The van der Waals surface area contributed by atoms with Crippen LogP contribution >= 0.6 is 0 Å². The number of ether oxygens (including phenoxy) is 1. The number of aromatic nitrogens is 2. The predicted molar refractivity (Wildman–Crippen MR) is 216 cm³/mol. The van der Waals surface area contributed by atoms with Gasteiger partial charge in [-0.2, -0.15) is 5.10 Å².